The molecular weight excluding hydrogens is 413 g/mol. The number of oxazole rings is 1. The van der Waals surface area contributed by atoms with E-state index in [0.717, 1.165) is 38.8 Å². The standard InChI is InChI=1S/C23H18FN5OS/c1-29(23-26-17-5-3-4-6-18(17)30-23)19-13-15(11-12-25-19)21-20(27-22(28-21)31-2)14-7-9-16(24)10-8-14/h3-13H,1-2H3,(H,27,28). The highest BCUT2D eigenvalue weighted by molar-refractivity contribution is 7.98. The molecule has 3 heterocycles. The van der Waals surface area contributed by atoms with Gasteiger partial charge in [-0.3, -0.25) is 4.90 Å². The van der Waals surface area contributed by atoms with E-state index in [0.29, 0.717) is 11.8 Å². The Morgan fingerprint density at radius 2 is 1.81 bits per heavy atom. The van der Waals surface area contributed by atoms with Gasteiger partial charge in [0.1, 0.15) is 17.2 Å². The van der Waals surface area contributed by atoms with Crippen LogP contribution < -0.4 is 4.90 Å². The van der Waals surface area contributed by atoms with Crippen LogP contribution in [0.4, 0.5) is 16.2 Å². The highest BCUT2D eigenvalue weighted by Crippen LogP contribution is 2.34. The van der Waals surface area contributed by atoms with Crippen molar-refractivity contribution in [3.63, 3.8) is 0 Å². The predicted octanol–water partition coefficient (Wildman–Crippen LogP) is 5.91. The average molecular weight is 431 g/mol. The van der Waals surface area contributed by atoms with Gasteiger partial charge in [-0.2, -0.15) is 4.98 Å². The van der Waals surface area contributed by atoms with Crippen molar-refractivity contribution in [1.29, 1.82) is 0 Å². The zero-order chi connectivity index (χ0) is 21.4. The Morgan fingerprint density at radius 3 is 2.58 bits per heavy atom. The third-order valence-corrected chi connectivity index (χ3v) is 5.52. The van der Waals surface area contributed by atoms with Gasteiger partial charge in [0.25, 0.3) is 0 Å². The highest BCUT2D eigenvalue weighted by Gasteiger charge is 2.18. The van der Waals surface area contributed by atoms with E-state index in [1.54, 1.807) is 23.2 Å². The molecule has 0 bridgehead atoms. The molecular formula is C23H18FN5OS. The molecule has 1 N–H and O–H groups in total. The lowest BCUT2D eigenvalue weighted by atomic mass is 10.1. The lowest BCUT2D eigenvalue weighted by molar-refractivity contribution is 0.602. The van der Waals surface area contributed by atoms with E-state index in [2.05, 4.69) is 15.0 Å². The van der Waals surface area contributed by atoms with Crippen molar-refractivity contribution in [3.8, 4) is 22.5 Å². The van der Waals surface area contributed by atoms with Crippen LogP contribution in [0.3, 0.4) is 0 Å². The molecule has 0 radical (unpaired) electrons. The Morgan fingerprint density at radius 1 is 1.00 bits per heavy atom. The minimum Gasteiger partial charge on any atom is -0.423 e. The van der Waals surface area contributed by atoms with E-state index >= 15 is 0 Å². The fraction of sp³-hybridized carbons (Fsp3) is 0.0870. The lowest BCUT2D eigenvalue weighted by Crippen LogP contribution is -2.11. The van der Waals surface area contributed by atoms with E-state index in [4.69, 9.17) is 9.40 Å². The molecule has 0 amide bonds. The van der Waals surface area contributed by atoms with Gasteiger partial charge in [-0.15, -0.1) is 0 Å². The highest BCUT2D eigenvalue weighted by atomic mass is 32.2. The smallest absolute Gasteiger partial charge is 0.303 e. The van der Waals surface area contributed by atoms with Gasteiger partial charge >= 0.3 is 6.01 Å². The fourth-order valence-corrected chi connectivity index (χ4v) is 3.72. The van der Waals surface area contributed by atoms with E-state index < -0.39 is 0 Å². The molecule has 0 aliphatic heterocycles. The van der Waals surface area contributed by atoms with Gasteiger partial charge in [0, 0.05) is 24.4 Å². The monoisotopic (exact) mass is 431 g/mol. The molecule has 31 heavy (non-hydrogen) atoms. The first-order valence-corrected chi connectivity index (χ1v) is 10.8. The molecule has 5 rings (SSSR count). The maximum Gasteiger partial charge on any atom is 0.303 e. The number of halogens is 1. The number of aromatic amines is 1. The van der Waals surface area contributed by atoms with Gasteiger partial charge in [-0.25, -0.2) is 14.4 Å². The zero-order valence-corrected chi connectivity index (χ0v) is 17.7. The number of anilines is 2. The van der Waals surface area contributed by atoms with Crippen LogP contribution in [0.25, 0.3) is 33.6 Å². The van der Waals surface area contributed by atoms with Crippen molar-refractivity contribution in [3.05, 3.63) is 72.7 Å². The maximum atomic E-state index is 13.4. The van der Waals surface area contributed by atoms with Crippen LogP contribution in [0.15, 0.2) is 76.4 Å². The van der Waals surface area contributed by atoms with E-state index in [1.807, 2.05) is 49.7 Å². The normalized spacial score (nSPS) is 11.2. The van der Waals surface area contributed by atoms with Crippen molar-refractivity contribution in [2.45, 2.75) is 5.16 Å². The van der Waals surface area contributed by atoms with E-state index in [-0.39, 0.29) is 5.82 Å². The number of H-pyrrole nitrogens is 1. The van der Waals surface area contributed by atoms with Crippen LogP contribution in [-0.4, -0.2) is 33.2 Å². The maximum absolute atomic E-state index is 13.4. The molecule has 2 aromatic carbocycles. The SMILES string of the molecule is CSc1nc(-c2ccnc(N(C)c3nc4ccccc4o3)c2)c(-c2ccc(F)cc2)[nH]1. The number of nitrogens with zero attached hydrogens (tertiary/aromatic N) is 4. The Bertz CT molecular complexity index is 1330. The second-order valence-electron chi connectivity index (χ2n) is 6.90. The van der Waals surface area contributed by atoms with Gasteiger partial charge in [-0.1, -0.05) is 23.9 Å². The Balaban J connectivity index is 1.56. The number of nitrogens with one attached hydrogen (secondary N) is 1. The summed E-state index contributed by atoms with van der Waals surface area (Å²) in [7, 11) is 1.86. The zero-order valence-electron chi connectivity index (χ0n) is 16.8. The molecule has 0 unspecified atom stereocenters. The molecule has 3 aromatic heterocycles. The fourth-order valence-electron chi connectivity index (χ4n) is 3.33. The van der Waals surface area contributed by atoms with Gasteiger partial charge in [0.15, 0.2) is 10.7 Å². The molecule has 8 heteroatoms. The second kappa shape index (κ2) is 7.88. The molecule has 0 saturated heterocycles. The number of fused-ring (bicyclic) bond motifs is 1. The summed E-state index contributed by atoms with van der Waals surface area (Å²) < 4.78 is 19.3. The topological polar surface area (TPSA) is 70.8 Å². The van der Waals surface area contributed by atoms with Crippen LogP contribution >= 0.6 is 11.8 Å². The first-order chi connectivity index (χ1) is 15.1. The molecule has 0 saturated carbocycles. The molecule has 0 atom stereocenters. The molecule has 0 fully saturated rings. The summed E-state index contributed by atoms with van der Waals surface area (Å²) in [6, 6.07) is 18.3. The summed E-state index contributed by atoms with van der Waals surface area (Å²) in [4.78, 5) is 18.9. The first-order valence-electron chi connectivity index (χ1n) is 9.58. The molecule has 0 aliphatic rings. The van der Waals surface area contributed by atoms with E-state index in [9.17, 15) is 4.39 Å². The Kier molecular flexibility index (Phi) is 4.91. The summed E-state index contributed by atoms with van der Waals surface area (Å²) in [5.41, 5.74) is 4.84. The van der Waals surface area contributed by atoms with Crippen molar-refractivity contribution >= 4 is 34.7 Å². The van der Waals surface area contributed by atoms with Crippen molar-refractivity contribution in [1.82, 2.24) is 19.9 Å². The number of imidazole rings is 1. The summed E-state index contributed by atoms with van der Waals surface area (Å²) in [5, 5.41) is 0.778. The number of para-hydroxylation sites is 2. The quantitative estimate of drug-likeness (QED) is 0.349. The molecule has 0 spiro atoms. The minimum atomic E-state index is -0.277. The van der Waals surface area contributed by atoms with Crippen LogP contribution in [0.5, 0.6) is 0 Å². The second-order valence-corrected chi connectivity index (χ2v) is 7.70. The van der Waals surface area contributed by atoms with Gasteiger partial charge in [0.05, 0.1) is 11.4 Å². The Labute approximate surface area is 182 Å². The van der Waals surface area contributed by atoms with Crippen LogP contribution in [0, 0.1) is 5.82 Å². The number of pyridine rings is 1. The third kappa shape index (κ3) is 3.66. The third-order valence-electron chi connectivity index (χ3n) is 4.94. The minimum absolute atomic E-state index is 0.277. The molecule has 154 valence electrons. The van der Waals surface area contributed by atoms with Gasteiger partial charge in [0.2, 0.25) is 0 Å². The summed E-state index contributed by atoms with van der Waals surface area (Å²) in [5.74, 6) is 0.392. The Hall–Kier alpha value is -3.65. The first kappa shape index (κ1) is 19.3. The van der Waals surface area contributed by atoms with Gasteiger partial charge < -0.3 is 9.40 Å². The molecule has 0 aliphatic carbocycles. The number of hydrogen-bond acceptors (Lipinski definition) is 6. The predicted molar refractivity (Wildman–Crippen MR) is 121 cm³/mol. The summed E-state index contributed by atoms with van der Waals surface area (Å²) >= 11 is 1.51. The summed E-state index contributed by atoms with van der Waals surface area (Å²) in [6.07, 6.45) is 3.68. The van der Waals surface area contributed by atoms with Crippen molar-refractivity contribution in [2.75, 3.05) is 18.2 Å². The van der Waals surface area contributed by atoms with Crippen LogP contribution in [-0.2, 0) is 0 Å². The largest absolute Gasteiger partial charge is 0.423 e. The lowest BCUT2D eigenvalue weighted by Gasteiger charge is -2.14. The van der Waals surface area contributed by atoms with E-state index in [1.165, 1.54) is 23.9 Å². The molecule has 5 aromatic rings. The number of benzene rings is 2. The van der Waals surface area contributed by atoms with Gasteiger partial charge in [-0.05, 0) is 54.8 Å². The number of thioether (sulfide) groups is 1. The van der Waals surface area contributed by atoms with Crippen LogP contribution in [0.1, 0.15) is 0 Å². The number of rotatable bonds is 5. The summed E-state index contributed by atoms with van der Waals surface area (Å²) in [6.45, 7) is 0. The van der Waals surface area contributed by atoms with Crippen molar-refractivity contribution < 1.29 is 8.81 Å². The van der Waals surface area contributed by atoms with Crippen molar-refractivity contribution in [2.24, 2.45) is 0 Å². The number of hydrogen-bond donors (Lipinski definition) is 1. The van der Waals surface area contributed by atoms with Crippen LogP contribution in [0.2, 0.25) is 0 Å². The average Bonchev–Trinajstić information content (AvgIpc) is 3.44. The molecule has 6 nitrogen and oxygen atoms in total. The number of aromatic nitrogens is 4.